The Labute approximate surface area is 199 Å². The predicted molar refractivity (Wildman–Crippen MR) is 124 cm³/mol. The van der Waals surface area contributed by atoms with Crippen LogP contribution in [0.25, 0.3) is 0 Å². The van der Waals surface area contributed by atoms with Gasteiger partial charge >= 0.3 is 0 Å². The van der Waals surface area contributed by atoms with Gasteiger partial charge in [0.25, 0.3) is 0 Å². The first kappa shape index (κ1) is 23.0. The van der Waals surface area contributed by atoms with Crippen LogP contribution in [0, 0.1) is 0 Å². The molecule has 2 amide bonds. The van der Waals surface area contributed by atoms with Gasteiger partial charge in [-0.1, -0.05) is 12.1 Å². The van der Waals surface area contributed by atoms with Crippen LogP contribution in [-0.2, 0) is 31.3 Å². The molecule has 3 aliphatic rings. The minimum Gasteiger partial charge on any atom is -0.343 e. The molecule has 0 unspecified atom stereocenters. The van der Waals surface area contributed by atoms with Gasteiger partial charge in [0.1, 0.15) is 0 Å². The summed E-state index contributed by atoms with van der Waals surface area (Å²) in [5.74, 6) is 1.41. The van der Waals surface area contributed by atoms with Crippen LogP contribution in [-0.4, -0.2) is 60.7 Å². The Hall–Kier alpha value is -2.75. The Bertz CT molecular complexity index is 1230. The van der Waals surface area contributed by atoms with Crippen molar-refractivity contribution in [3.05, 3.63) is 35.5 Å². The van der Waals surface area contributed by atoms with Crippen LogP contribution < -0.4 is 4.90 Å². The van der Waals surface area contributed by atoms with Crippen LogP contribution >= 0.6 is 0 Å². The van der Waals surface area contributed by atoms with E-state index in [1.165, 1.54) is 13.0 Å². The van der Waals surface area contributed by atoms with Gasteiger partial charge in [0.2, 0.25) is 17.7 Å². The van der Waals surface area contributed by atoms with E-state index in [2.05, 4.69) is 17.1 Å². The molecule has 34 heavy (non-hydrogen) atoms. The average molecular weight is 487 g/mol. The van der Waals surface area contributed by atoms with E-state index in [-0.39, 0.29) is 34.3 Å². The molecular weight excluding hydrogens is 456 g/mol. The number of likely N-dealkylation sites (tertiary alicyclic amines) is 1. The van der Waals surface area contributed by atoms with E-state index in [1.54, 1.807) is 21.9 Å². The van der Waals surface area contributed by atoms with Crippen molar-refractivity contribution in [2.45, 2.75) is 68.6 Å². The fraction of sp³-hybridized carbons (Fsp3) is 0.583. The van der Waals surface area contributed by atoms with Gasteiger partial charge in [0.15, 0.2) is 15.7 Å². The highest BCUT2D eigenvalue weighted by molar-refractivity contribution is 7.91. The monoisotopic (exact) mass is 486 g/mol. The number of nitrogens with zero attached hydrogens (tertiary/aromatic N) is 4. The number of anilines is 1. The van der Waals surface area contributed by atoms with Crippen molar-refractivity contribution in [2.75, 3.05) is 30.3 Å². The van der Waals surface area contributed by atoms with Crippen LogP contribution in [0.5, 0.6) is 0 Å². The zero-order valence-corrected chi connectivity index (χ0v) is 20.4. The van der Waals surface area contributed by atoms with Crippen molar-refractivity contribution >= 4 is 27.3 Å². The molecule has 1 aromatic heterocycles. The van der Waals surface area contributed by atoms with Gasteiger partial charge in [0, 0.05) is 50.0 Å². The quantitative estimate of drug-likeness (QED) is 0.617. The molecule has 2 fully saturated rings. The van der Waals surface area contributed by atoms with Crippen LogP contribution in [0.2, 0.25) is 0 Å². The van der Waals surface area contributed by atoms with E-state index in [1.807, 2.05) is 0 Å². The molecule has 2 aliphatic heterocycles. The number of benzene rings is 1. The number of hydrogen-bond donors (Lipinski definition) is 0. The smallest absolute Gasteiger partial charge is 0.229 e. The maximum absolute atomic E-state index is 12.9. The van der Waals surface area contributed by atoms with Crippen molar-refractivity contribution < 1.29 is 22.5 Å². The summed E-state index contributed by atoms with van der Waals surface area (Å²) in [7, 11) is -3.60. The molecule has 0 atom stereocenters. The Morgan fingerprint density at radius 2 is 1.91 bits per heavy atom. The predicted octanol–water partition coefficient (Wildman–Crippen LogP) is 2.60. The molecule has 0 N–H and O–H groups in total. The molecule has 0 bridgehead atoms. The normalized spacial score (nSPS) is 19.8. The number of carbonyl (C=O) groups excluding carboxylic acids is 2. The summed E-state index contributed by atoms with van der Waals surface area (Å²) in [6, 6.07) is 4.87. The highest BCUT2D eigenvalue weighted by atomic mass is 32.2. The number of carbonyl (C=O) groups is 2. The number of amides is 2. The summed E-state index contributed by atoms with van der Waals surface area (Å²) in [6.45, 7) is 5.25. The first-order valence-corrected chi connectivity index (χ1v) is 13.6. The van der Waals surface area contributed by atoms with Crippen LogP contribution in [0.4, 0.5) is 5.69 Å². The second-order valence-electron chi connectivity index (χ2n) is 9.95. The topological polar surface area (TPSA) is 114 Å². The number of aromatic nitrogens is 2. The first-order chi connectivity index (χ1) is 16.2. The molecule has 0 radical (unpaired) electrons. The SMILES string of the molecule is CC(=O)N1CCc2cc(S(=O)(=O)CCC(=O)N3CCC(C)(c4noc(C5CC5)n4)CC3)ccc21. The molecule has 9 nitrogen and oxygen atoms in total. The second kappa shape index (κ2) is 8.48. The molecule has 1 aliphatic carbocycles. The van der Waals surface area contributed by atoms with Gasteiger partial charge in [-0.15, -0.1) is 0 Å². The van der Waals surface area contributed by atoms with E-state index in [9.17, 15) is 18.0 Å². The van der Waals surface area contributed by atoms with E-state index in [0.717, 1.165) is 30.0 Å². The summed E-state index contributed by atoms with van der Waals surface area (Å²) in [4.78, 5) is 32.7. The molecule has 10 heteroatoms. The third kappa shape index (κ3) is 4.35. The van der Waals surface area contributed by atoms with Gasteiger partial charge in [-0.3, -0.25) is 9.59 Å². The lowest BCUT2D eigenvalue weighted by molar-refractivity contribution is -0.132. The molecule has 1 saturated heterocycles. The molecule has 2 aromatic rings. The molecule has 3 heterocycles. The zero-order chi connectivity index (χ0) is 24.1. The van der Waals surface area contributed by atoms with E-state index in [4.69, 9.17) is 4.52 Å². The van der Waals surface area contributed by atoms with Crippen molar-refractivity contribution in [1.82, 2.24) is 15.0 Å². The minimum absolute atomic E-state index is 0.0518. The molecular formula is C24H30N4O5S. The van der Waals surface area contributed by atoms with E-state index in [0.29, 0.717) is 50.6 Å². The van der Waals surface area contributed by atoms with Crippen LogP contribution in [0.1, 0.15) is 69.1 Å². The summed E-state index contributed by atoms with van der Waals surface area (Å²) in [5, 5.41) is 4.19. The molecule has 0 spiro atoms. The molecule has 1 saturated carbocycles. The molecule has 182 valence electrons. The summed E-state index contributed by atoms with van der Waals surface area (Å²) in [6.07, 6.45) is 4.22. The lowest BCUT2D eigenvalue weighted by Crippen LogP contribution is -2.44. The Morgan fingerprint density at radius 3 is 2.59 bits per heavy atom. The van der Waals surface area contributed by atoms with E-state index < -0.39 is 9.84 Å². The van der Waals surface area contributed by atoms with Crippen molar-refractivity contribution in [1.29, 1.82) is 0 Å². The minimum atomic E-state index is -3.60. The Balaban J connectivity index is 1.17. The number of hydrogen-bond acceptors (Lipinski definition) is 7. The molecule has 1 aromatic carbocycles. The maximum Gasteiger partial charge on any atom is 0.229 e. The van der Waals surface area contributed by atoms with Crippen LogP contribution in [0.15, 0.2) is 27.6 Å². The summed E-state index contributed by atoms with van der Waals surface area (Å²) >= 11 is 0. The molecule has 5 rings (SSSR count). The lowest BCUT2D eigenvalue weighted by Gasteiger charge is -2.37. The van der Waals surface area contributed by atoms with Crippen LogP contribution in [0.3, 0.4) is 0 Å². The van der Waals surface area contributed by atoms with Gasteiger partial charge in [-0.05, 0) is 55.9 Å². The third-order valence-electron chi connectivity index (χ3n) is 7.40. The van der Waals surface area contributed by atoms with Crippen molar-refractivity contribution in [3.63, 3.8) is 0 Å². The number of fused-ring (bicyclic) bond motifs is 1. The van der Waals surface area contributed by atoms with Crippen molar-refractivity contribution in [2.24, 2.45) is 0 Å². The highest BCUT2D eigenvalue weighted by Gasteiger charge is 2.39. The summed E-state index contributed by atoms with van der Waals surface area (Å²) < 4.78 is 31.2. The number of sulfone groups is 1. The van der Waals surface area contributed by atoms with Gasteiger partial charge in [-0.2, -0.15) is 4.98 Å². The fourth-order valence-electron chi connectivity index (χ4n) is 4.85. The van der Waals surface area contributed by atoms with E-state index >= 15 is 0 Å². The highest BCUT2D eigenvalue weighted by Crippen LogP contribution is 2.41. The standard InChI is InChI=1S/C24H30N4O5S/c1-16(29)28-11-7-18-15-19(5-6-20(18)28)34(31,32)14-8-21(30)27-12-9-24(2,10-13-27)23-25-22(33-26-23)17-3-4-17/h5-6,15,17H,3-4,7-14H2,1-2H3. The average Bonchev–Trinajstić information content (AvgIpc) is 3.37. The first-order valence-electron chi connectivity index (χ1n) is 11.9. The maximum atomic E-state index is 12.9. The van der Waals surface area contributed by atoms with Crippen molar-refractivity contribution in [3.8, 4) is 0 Å². The van der Waals surface area contributed by atoms with Gasteiger partial charge in [-0.25, -0.2) is 8.42 Å². The zero-order valence-electron chi connectivity index (χ0n) is 19.6. The van der Waals surface area contributed by atoms with Gasteiger partial charge < -0.3 is 14.3 Å². The largest absolute Gasteiger partial charge is 0.343 e. The number of rotatable bonds is 6. The lowest BCUT2D eigenvalue weighted by atomic mass is 9.79. The summed E-state index contributed by atoms with van der Waals surface area (Å²) in [5.41, 5.74) is 1.38. The van der Waals surface area contributed by atoms with Gasteiger partial charge in [0.05, 0.1) is 10.6 Å². The second-order valence-corrected chi connectivity index (χ2v) is 12.1. The Kier molecular flexibility index (Phi) is 5.74. The Morgan fingerprint density at radius 1 is 1.18 bits per heavy atom. The fourth-order valence-corrected chi connectivity index (χ4v) is 6.12. The third-order valence-corrected chi connectivity index (χ3v) is 9.11. The number of piperidine rings is 1.